The van der Waals surface area contributed by atoms with Crippen molar-refractivity contribution in [2.75, 3.05) is 13.2 Å². The summed E-state index contributed by atoms with van der Waals surface area (Å²) in [6.07, 6.45) is 5.06. The summed E-state index contributed by atoms with van der Waals surface area (Å²) in [4.78, 5) is 0.282. The first-order valence-electron chi connectivity index (χ1n) is 7.87. The molecule has 1 atom stereocenters. The van der Waals surface area contributed by atoms with Crippen molar-refractivity contribution in [3.63, 3.8) is 0 Å². The summed E-state index contributed by atoms with van der Waals surface area (Å²) < 4.78 is 39.0. The molecule has 0 aromatic heterocycles. The van der Waals surface area contributed by atoms with Gasteiger partial charge in [0.25, 0.3) is 0 Å². The molecule has 3 rings (SSSR count). The van der Waals surface area contributed by atoms with E-state index in [1.165, 1.54) is 6.42 Å². The standard InChI is InChI=1S/C16H23NO4S/c1-13-5-7-15(8-6-13)22(18,19)17-11-14-12-20-16(21-14)9-3-2-4-10-16/h5-8,14,17H,2-4,9-12H2,1H3/t14-/m0/s1. The van der Waals surface area contributed by atoms with Crippen molar-refractivity contribution in [3.8, 4) is 0 Å². The second kappa shape index (κ2) is 6.28. The van der Waals surface area contributed by atoms with Crippen LogP contribution in [-0.2, 0) is 19.5 Å². The van der Waals surface area contributed by atoms with E-state index in [1.807, 2.05) is 6.92 Å². The summed E-state index contributed by atoms with van der Waals surface area (Å²) in [5.41, 5.74) is 1.03. The van der Waals surface area contributed by atoms with Gasteiger partial charge in [0.15, 0.2) is 5.79 Å². The zero-order valence-corrected chi connectivity index (χ0v) is 13.7. The molecule has 0 unspecified atom stereocenters. The van der Waals surface area contributed by atoms with E-state index < -0.39 is 15.8 Å². The molecule has 1 aromatic carbocycles. The number of ether oxygens (including phenoxy) is 2. The van der Waals surface area contributed by atoms with Crippen molar-refractivity contribution in [2.45, 2.75) is 55.8 Å². The fourth-order valence-corrected chi connectivity index (χ4v) is 4.14. The molecule has 0 bridgehead atoms. The lowest BCUT2D eigenvalue weighted by Crippen LogP contribution is -2.37. The maximum atomic E-state index is 12.3. The molecule has 1 heterocycles. The van der Waals surface area contributed by atoms with Gasteiger partial charge in [-0.1, -0.05) is 24.1 Å². The van der Waals surface area contributed by atoms with Crippen molar-refractivity contribution >= 4 is 10.0 Å². The number of hydrogen-bond acceptors (Lipinski definition) is 4. The van der Waals surface area contributed by atoms with Gasteiger partial charge in [-0.05, 0) is 31.9 Å². The second-order valence-corrected chi connectivity index (χ2v) is 7.95. The van der Waals surface area contributed by atoms with E-state index in [2.05, 4.69) is 4.72 Å². The fourth-order valence-electron chi connectivity index (χ4n) is 3.07. The SMILES string of the molecule is Cc1ccc(S(=O)(=O)NC[C@H]2COC3(CCCCC3)O2)cc1. The summed E-state index contributed by atoms with van der Waals surface area (Å²) in [7, 11) is -3.49. The Hall–Kier alpha value is -0.950. The van der Waals surface area contributed by atoms with E-state index in [-0.39, 0.29) is 17.5 Å². The summed E-state index contributed by atoms with van der Waals surface area (Å²) in [5.74, 6) is -0.460. The van der Waals surface area contributed by atoms with Crippen molar-refractivity contribution < 1.29 is 17.9 Å². The van der Waals surface area contributed by atoms with Gasteiger partial charge >= 0.3 is 0 Å². The predicted molar refractivity (Wildman–Crippen MR) is 83.0 cm³/mol. The Bertz CT molecular complexity index is 606. The maximum absolute atomic E-state index is 12.3. The molecule has 1 saturated carbocycles. The van der Waals surface area contributed by atoms with Gasteiger partial charge < -0.3 is 9.47 Å². The van der Waals surface area contributed by atoms with Crippen molar-refractivity contribution in [1.29, 1.82) is 0 Å². The number of nitrogens with one attached hydrogen (secondary N) is 1. The number of benzene rings is 1. The quantitative estimate of drug-likeness (QED) is 0.923. The van der Waals surface area contributed by atoms with E-state index >= 15 is 0 Å². The minimum atomic E-state index is -3.49. The Labute approximate surface area is 132 Å². The predicted octanol–water partition coefficient (Wildman–Crippen LogP) is 2.35. The van der Waals surface area contributed by atoms with Crippen LogP contribution in [0.3, 0.4) is 0 Å². The van der Waals surface area contributed by atoms with E-state index in [0.29, 0.717) is 6.61 Å². The second-order valence-electron chi connectivity index (χ2n) is 6.19. The lowest BCUT2D eigenvalue weighted by molar-refractivity contribution is -0.186. The van der Waals surface area contributed by atoms with Crippen LogP contribution in [0.1, 0.15) is 37.7 Å². The molecule has 6 heteroatoms. The van der Waals surface area contributed by atoms with Crippen molar-refractivity contribution in [1.82, 2.24) is 4.72 Å². The molecule has 1 spiro atoms. The van der Waals surface area contributed by atoms with Crippen LogP contribution in [0.4, 0.5) is 0 Å². The molecular formula is C16H23NO4S. The van der Waals surface area contributed by atoms with E-state index in [4.69, 9.17) is 9.47 Å². The average Bonchev–Trinajstić information content (AvgIpc) is 2.89. The molecule has 1 N–H and O–H groups in total. The first-order valence-corrected chi connectivity index (χ1v) is 9.36. The number of hydrogen-bond donors (Lipinski definition) is 1. The first-order chi connectivity index (χ1) is 10.5. The molecular weight excluding hydrogens is 302 g/mol. The summed E-state index contributed by atoms with van der Waals surface area (Å²) in [5, 5.41) is 0. The minimum Gasteiger partial charge on any atom is -0.347 e. The van der Waals surface area contributed by atoms with Crippen molar-refractivity contribution in [3.05, 3.63) is 29.8 Å². The van der Waals surface area contributed by atoms with E-state index in [0.717, 1.165) is 31.2 Å². The molecule has 22 heavy (non-hydrogen) atoms. The normalized spacial score (nSPS) is 24.7. The zero-order valence-electron chi connectivity index (χ0n) is 12.9. The Morgan fingerprint density at radius 1 is 1.18 bits per heavy atom. The summed E-state index contributed by atoms with van der Waals surface area (Å²) >= 11 is 0. The van der Waals surface area contributed by atoms with Gasteiger partial charge in [-0.15, -0.1) is 0 Å². The molecule has 122 valence electrons. The van der Waals surface area contributed by atoms with Crippen LogP contribution in [-0.4, -0.2) is 33.5 Å². The monoisotopic (exact) mass is 325 g/mol. The largest absolute Gasteiger partial charge is 0.347 e. The molecule has 0 amide bonds. The minimum absolute atomic E-state index is 0.210. The molecule has 1 aromatic rings. The number of rotatable bonds is 4. The van der Waals surface area contributed by atoms with Crippen LogP contribution in [0, 0.1) is 6.92 Å². The molecule has 2 fully saturated rings. The van der Waals surface area contributed by atoms with Gasteiger partial charge in [-0.2, -0.15) is 0 Å². The molecule has 1 aliphatic heterocycles. The van der Waals surface area contributed by atoms with Crippen LogP contribution < -0.4 is 4.72 Å². The Morgan fingerprint density at radius 3 is 2.55 bits per heavy atom. The van der Waals surface area contributed by atoms with Gasteiger partial charge in [0.1, 0.15) is 0 Å². The van der Waals surface area contributed by atoms with Crippen LogP contribution in [0.2, 0.25) is 0 Å². The van der Waals surface area contributed by atoms with Gasteiger partial charge in [0.2, 0.25) is 10.0 Å². The van der Waals surface area contributed by atoms with Crippen LogP contribution in [0.5, 0.6) is 0 Å². The van der Waals surface area contributed by atoms with E-state index in [1.54, 1.807) is 24.3 Å². The van der Waals surface area contributed by atoms with Gasteiger partial charge in [0.05, 0.1) is 17.6 Å². The van der Waals surface area contributed by atoms with Crippen LogP contribution in [0.15, 0.2) is 29.2 Å². The number of aryl methyl sites for hydroxylation is 1. The van der Waals surface area contributed by atoms with Crippen molar-refractivity contribution in [2.24, 2.45) is 0 Å². The smallest absolute Gasteiger partial charge is 0.240 e. The third-order valence-corrected chi connectivity index (χ3v) is 5.80. The summed E-state index contributed by atoms with van der Waals surface area (Å²) in [6.45, 7) is 2.63. The Balaban J connectivity index is 1.57. The topological polar surface area (TPSA) is 64.6 Å². The highest BCUT2D eigenvalue weighted by molar-refractivity contribution is 7.89. The Kier molecular flexibility index (Phi) is 4.54. The maximum Gasteiger partial charge on any atom is 0.240 e. The number of sulfonamides is 1. The highest BCUT2D eigenvalue weighted by Gasteiger charge is 2.42. The molecule has 2 aliphatic rings. The lowest BCUT2D eigenvalue weighted by atomic mass is 9.94. The fraction of sp³-hybridized carbons (Fsp3) is 0.625. The summed E-state index contributed by atoms with van der Waals surface area (Å²) in [6, 6.07) is 6.82. The zero-order chi connectivity index (χ0) is 15.6. The van der Waals surface area contributed by atoms with Crippen LogP contribution in [0.25, 0.3) is 0 Å². The highest BCUT2D eigenvalue weighted by Crippen LogP contribution is 2.37. The molecule has 0 radical (unpaired) electrons. The lowest BCUT2D eigenvalue weighted by Gasteiger charge is -2.31. The Morgan fingerprint density at radius 2 is 1.86 bits per heavy atom. The third-order valence-electron chi connectivity index (χ3n) is 4.36. The van der Waals surface area contributed by atoms with Gasteiger partial charge in [0, 0.05) is 19.4 Å². The molecule has 5 nitrogen and oxygen atoms in total. The average molecular weight is 325 g/mol. The van der Waals surface area contributed by atoms with Crippen LogP contribution >= 0.6 is 0 Å². The molecule has 1 saturated heterocycles. The van der Waals surface area contributed by atoms with E-state index in [9.17, 15) is 8.42 Å². The van der Waals surface area contributed by atoms with Gasteiger partial charge in [-0.3, -0.25) is 0 Å². The first kappa shape index (κ1) is 15.9. The third kappa shape index (κ3) is 3.51. The van der Waals surface area contributed by atoms with Gasteiger partial charge in [-0.25, -0.2) is 13.1 Å². The molecule has 1 aliphatic carbocycles. The highest BCUT2D eigenvalue weighted by atomic mass is 32.2.